The van der Waals surface area contributed by atoms with Gasteiger partial charge in [0.2, 0.25) is 11.8 Å². The molecular weight excluding hydrogens is 528 g/mol. The van der Waals surface area contributed by atoms with Crippen LogP contribution >= 0.6 is 11.6 Å². The van der Waals surface area contributed by atoms with Crippen LogP contribution in [0.15, 0.2) is 69.9 Å². The van der Waals surface area contributed by atoms with Crippen LogP contribution in [0.25, 0.3) is 11.1 Å². The van der Waals surface area contributed by atoms with Crippen LogP contribution in [0.5, 0.6) is 17.2 Å². The molecule has 0 aliphatic carbocycles. The summed E-state index contributed by atoms with van der Waals surface area (Å²) >= 11 is 6.19. The molecule has 4 aromatic rings. The maximum Gasteiger partial charge on any atom is 0.417 e. The van der Waals surface area contributed by atoms with E-state index < -0.39 is 5.76 Å². The third kappa shape index (κ3) is 6.96. The largest absolute Gasteiger partial charge is 0.487 e. The van der Waals surface area contributed by atoms with Gasteiger partial charge in [-0.2, -0.15) is 0 Å². The Kier molecular flexibility index (Phi) is 8.11. The van der Waals surface area contributed by atoms with E-state index in [0.717, 1.165) is 0 Å². The molecule has 0 saturated carbocycles. The lowest BCUT2D eigenvalue weighted by Gasteiger charge is -2.21. The summed E-state index contributed by atoms with van der Waals surface area (Å²) in [6, 6.07) is 16.9. The monoisotopic (exact) mass is 552 g/mol. The van der Waals surface area contributed by atoms with Gasteiger partial charge in [-0.3, -0.25) is 19.5 Å². The van der Waals surface area contributed by atoms with E-state index in [2.05, 4.69) is 15.6 Å². The average Bonchev–Trinajstić information content (AvgIpc) is 3.27. The number of H-pyrrole nitrogens is 1. The van der Waals surface area contributed by atoms with E-state index in [0.29, 0.717) is 57.9 Å². The molecule has 2 amide bonds. The lowest BCUT2D eigenvalue weighted by molar-refractivity contribution is -0.120. The standard InChI is InChI=1S/C27H25ClN4O7/c28-17-5-8-21-20(13-17)30-26(34)16-32(9-10-36-11-12-37-22-3-1-2-4-23(22)38-21)15-25(33)29-18-6-7-19-24(14-18)39-27(35)31-19/h1-8,13-14H,9-12,15-16H2,(H,29,33)(H,30,34)(H,31,35). The fraction of sp³-hybridized carbons (Fsp3) is 0.222. The number of nitrogens with zero attached hydrogens (tertiary/aromatic N) is 1. The molecule has 0 saturated heterocycles. The second kappa shape index (κ2) is 12.0. The molecule has 0 bridgehead atoms. The molecule has 0 radical (unpaired) electrons. The minimum Gasteiger partial charge on any atom is -0.487 e. The fourth-order valence-electron chi connectivity index (χ4n) is 4.00. The van der Waals surface area contributed by atoms with Crippen LogP contribution in [0.3, 0.4) is 0 Å². The molecule has 12 heteroatoms. The number of ether oxygens (including phenoxy) is 3. The van der Waals surface area contributed by atoms with Crippen molar-refractivity contribution in [3.63, 3.8) is 0 Å². The SMILES string of the molecule is O=C(CN1CCOCCOc2ccccc2Oc2ccc(Cl)cc2NC(=O)C1)Nc1ccc2[nH]c(=O)oc2c1. The summed E-state index contributed by atoms with van der Waals surface area (Å²) < 4.78 is 22.6. The number of anilines is 2. The summed E-state index contributed by atoms with van der Waals surface area (Å²) in [5, 5.41) is 6.01. The molecule has 0 fully saturated rings. The Morgan fingerprint density at radius 1 is 0.974 bits per heavy atom. The highest BCUT2D eigenvalue weighted by Crippen LogP contribution is 2.36. The predicted molar refractivity (Wildman–Crippen MR) is 145 cm³/mol. The molecule has 39 heavy (non-hydrogen) atoms. The van der Waals surface area contributed by atoms with Gasteiger partial charge in [0, 0.05) is 23.3 Å². The number of halogens is 1. The van der Waals surface area contributed by atoms with Crippen molar-refractivity contribution < 1.29 is 28.2 Å². The topological polar surface area (TPSA) is 135 Å². The van der Waals surface area contributed by atoms with Crippen molar-refractivity contribution in [3.05, 3.63) is 76.2 Å². The van der Waals surface area contributed by atoms with E-state index in [-0.39, 0.29) is 38.1 Å². The molecule has 3 aromatic carbocycles. The highest BCUT2D eigenvalue weighted by Gasteiger charge is 2.18. The second-order valence-corrected chi connectivity index (χ2v) is 9.12. The second-order valence-electron chi connectivity index (χ2n) is 8.68. The number of para-hydroxylation sites is 2. The zero-order valence-electron chi connectivity index (χ0n) is 20.7. The zero-order valence-corrected chi connectivity index (χ0v) is 21.5. The Morgan fingerprint density at radius 3 is 2.69 bits per heavy atom. The van der Waals surface area contributed by atoms with E-state index in [9.17, 15) is 14.4 Å². The normalized spacial score (nSPS) is 15.1. The summed E-state index contributed by atoms with van der Waals surface area (Å²) in [7, 11) is 0. The van der Waals surface area contributed by atoms with Gasteiger partial charge in [0.25, 0.3) is 0 Å². The Labute approximate surface area is 227 Å². The first kappa shape index (κ1) is 26.3. The van der Waals surface area contributed by atoms with Gasteiger partial charge >= 0.3 is 5.76 Å². The van der Waals surface area contributed by atoms with Gasteiger partial charge < -0.3 is 29.3 Å². The van der Waals surface area contributed by atoms with E-state index in [1.807, 2.05) is 12.1 Å². The van der Waals surface area contributed by atoms with Crippen LogP contribution in [-0.2, 0) is 14.3 Å². The Bertz CT molecular complexity index is 1550. The van der Waals surface area contributed by atoms with E-state index in [1.165, 1.54) is 0 Å². The fourth-order valence-corrected chi connectivity index (χ4v) is 4.17. The summed E-state index contributed by atoms with van der Waals surface area (Å²) in [5.74, 6) is 0.0714. The van der Waals surface area contributed by atoms with Gasteiger partial charge in [-0.15, -0.1) is 0 Å². The van der Waals surface area contributed by atoms with Crippen LogP contribution in [0.4, 0.5) is 11.4 Å². The van der Waals surface area contributed by atoms with Crippen LogP contribution in [0.2, 0.25) is 5.02 Å². The van der Waals surface area contributed by atoms with Gasteiger partial charge in [-0.25, -0.2) is 4.79 Å². The molecule has 0 atom stereocenters. The minimum atomic E-state index is -0.580. The molecule has 5 rings (SSSR count). The third-order valence-electron chi connectivity index (χ3n) is 5.76. The smallest absolute Gasteiger partial charge is 0.417 e. The lowest BCUT2D eigenvalue weighted by Crippen LogP contribution is -2.40. The van der Waals surface area contributed by atoms with Crippen molar-refractivity contribution in [3.8, 4) is 17.2 Å². The summed E-state index contributed by atoms with van der Waals surface area (Å²) in [6.45, 7) is 0.971. The lowest BCUT2D eigenvalue weighted by atomic mass is 10.2. The number of hydrogen-bond donors (Lipinski definition) is 3. The number of aromatic amines is 1. The Hall–Kier alpha value is -4.32. The molecule has 3 N–H and O–H groups in total. The van der Waals surface area contributed by atoms with Gasteiger partial charge in [0.15, 0.2) is 22.8 Å². The summed E-state index contributed by atoms with van der Waals surface area (Å²) in [6.07, 6.45) is 0. The molecule has 2 heterocycles. The van der Waals surface area contributed by atoms with Crippen LogP contribution in [0, 0.1) is 0 Å². The number of oxazole rings is 1. The van der Waals surface area contributed by atoms with Gasteiger partial charge in [-0.1, -0.05) is 23.7 Å². The van der Waals surface area contributed by atoms with Crippen LogP contribution < -0.4 is 25.9 Å². The number of fused-ring (bicyclic) bond motifs is 3. The van der Waals surface area contributed by atoms with Crippen molar-refractivity contribution in [1.82, 2.24) is 9.88 Å². The predicted octanol–water partition coefficient (Wildman–Crippen LogP) is 3.86. The number of amides is 2. The van der Waals surface area contributed by atoms with E-state index in [1.54, 1.807) is 53.4 Å². The molecule has 1 aromatic heterocycles. The third-order valence-corrected chi connectivity index (χ3v) is 6.00. The van der Waals surface area contributed by atoms with Crippen molar-refractivity contribution in [1.29, 1.82) is 0 Å². The Balaban J connectivity index is 1.31. The Morgan fingerprint density at radius 2 is 1.82 bits per heavy atom. The highest BCUT2D eigenvalue weighted by atomic mass is 35.5. The average molecular weight is 553 g/mol. The number of benzene rings is 3. The molecule has 1 aliphatic rings. The van der Waals surface area contributed by atoms with Gasteiger partial charge in [0.05, 0.1) is 37.5 Å². The molecule has 0 unspecified atom stereocenters. The zero-order chi connectivity index (χ0) is 27.2. The molecule has 1 aliphatic heterocycles. The first-order valence-electron chi connectivity index (χ1n) is 12.1. The maximum absolute atomic E-state index is 13.0. The van der Waals surface area contributed by atoms with Crippen LogP contribution in [0.1, 0.15) is 0 Å². The molecule has 0 spiro atoms. The van der Waals surface area contributed by atoms with Crippen molar-refractivity contribution >= 4 is 45.9 Å². The van der Waals surface area contributed by atoms with Gasteiger partial charge in [-0.05, 0) is 42.5 Å². The number of nitrogens with one attached hydrogen (secondary N) is 3. The highest BCUT2D eigenvalue weighted by molar-refractivity contribution is 6.31. The number of aromatic nitrogens is 1. The molecule has 11 nitrogen and oxygen atoms in total. The number of rotatable bonds is 3. The molecular formula is C27H25ClN4O7. The summed E-state index contributed by atoms with van der Waals surface area (Å²) in [4.78, 5) is 41.5. The summed E-state index contributed by atoms with van der Waals surface area (Å²) in [5.41, 5.74) is 1.67. The first-order valence-corrected chi connectivity index (χ1v) is 12.5. The minimum absolute atomic E-state index is 0.0905. The van der Waals surface area contributed by atoms with E-state index >= 15 is 0 Å². The molecule has 202 valence electrons. The first-order chi connectivity index (χ1) is 18.9. The van der Waals surface area contributed by atoms with Crippen molar-refractivity contribution in [2.75, 3.05) is 50.1 Å². The number of hydrogen-bond acceptors (Lipinski definition) is 8. The van der Waals surface area contributed by atoms with Crippen molar-refractivity contribution in [2.45, 2.75) is 0 Å². The number of carbonyl (C=O) groups excluding carboxylic acids is 2. The van der Waals surface area contributed by atoms with Gasteiger partial charge in [0.1, 0.15) is 6.61 Å². The number of carbonyl (C=O) groups is 2. The van der Waals surface area contributed by atoms with Crippen molar-refractivity contribution in [2.24, 2.45) is 0 Å². The quantitative estimate of drug-likeness (QED) is 0.349. The maximum atomic E-state index is 13.0. The van der Waals surface area contributed by atoms with E-state index in [4.69, 9.17) is 30.2 Å². The van der Waals surface area contributed by atoms with Crippen LogP contribution in [-0.4, -0.2) is 61.2 Å².